The van der Waals surface area contributed by atoms with E-state index in [1.54, 1.807) is 0 Å². The lowest BCUT2D eigenvalue weighted by Crippen LogP contribution is -2.05. The molecule has 0 saturated heterocycles. The zero-order valence-corrected chi connectivity index (χ0v) is 13.9. The molecule has 0 bridgehead atoms. The van der Waals surface area contributed by atoms with Crippen molar-refractivity contribution in [2.75, 3.05) is 0 Å². The predicted molar refractivity (Wildman–Crippen MR) is 92.6 cm³/mol. The average Bonchev–Trinajstić information content (AvgIpc) is 2.55. The Morgan fingerprint density at radius 1 is 0.875 bits per heavy atom. The highest BCUT2D eigenvalue weighted by molar-refractivity contribution is 6.36. The third-order valence-corrected chi connectivity index (χ3v) is 4.49. The van der Waals surface area contributed by atoms with Gasteiger partial charge >= 0.3 is 6.18 Å². The summed E-state index contributed by atoms with van der Waals surface area (Å²) >= 11 is 6.44. The summed E-state index contributed by atoms with van der Waals surface area (Å²) in [5, 5.41) is 0.688. The van der Waals surface area contributed by atoms with Crippen molar-refractivity contribution in [1.82, 2.24) is 0 Å². The van der Waals surface area contributed by atoms with E-state index in [1.807, 2.05) is 31.2 Å². The number of benzene rings is 2. The van der Waals surface area contributed by atoms with Gasteiger partial charge in [-0.15, -0.1) is 0 Å². The summed E-state index contributed by atoms with van der Waals surface area (Å²) in [5.74, 6) is 0. The average molecular weight is 349 g/mol. The van der Waals surface area contributed by atoms with Gasteiger partial charge in [0, 0.05) is 10.6 Å². The van der Waals surface area contributed by atoms with Crippen molar-refractivity contribution in [3.8, 4) is 0 Å². The number of hydrogen-bond donors (Lipinski definition) is 0. The molecule has 124 valence electrons. The molecule has 24 heavy (non-hydrogen) atoms. The van der Waals surface area contributed by atoms with Crippen LogP contribution >= 0.6 is 11.6 Å². The molecule has 1 aliphatic rings. The Kier molecular flexibility index (Phi) is 4.55. The number of hydrogen-bond acceptors (Lipinski definition) is 0. The second kappa shape index (κ2) is 6.48. The summed E-state index contributed by atoms with van der Waals surface area (Å²) < 4.78 is 38.3. The quantitative estimate of drug-likeness (QED) is 0.557. The second-order valence-electron chi connectivity index (χ2n) is 5.88. The molecule has 0 aromatic heterocycles. The van der Waals surface area contributed by atoms with Crippen LogP contribution in [-0.2, 0) is 6.18 Å². The maximum absolute atomic E-state index is 12.8. The number of alkyl halides is 3. The minimum atomic E-state index is -4.33. The van der Waals surface area contributed by atoms with Crippen LogP contribution in [0.2, 0.25) is 0 Å². The van der Waals surface area contributed by atoms with E-state index >= 15 is 0 Å². The van der Waals surface area contributed by atoms with Gasteiger partial charge in [-0.05, 0) is 48.6 Å². The summed E-state index contributed by atoms with van der Waals surface area (Å²) in [5.41, 5.74) is 4.03. The third kappa shape index (κ3) is 3.41. The Labute approximate surface area is 144 Å². The molecule has 0 nitrogen and oxygen atoms in total. The van der Waals surface area contributed by atoms with E-state index in [4.69, 9.17) is 11.6 Å². The van der Waals surface area contributed by atoms with E-state index in [0.717, 1.165) is 40.8 Å². The number of halogens is 4. The molecule has 0 saturated carbocycles. The van der Waals surface area contributed by atoms with Gasteiger partial charge in [0.05, 0.1) is 5.56 Å². The topological polar surface area (TPSA) is 0 Å². The molecule has 2 aromatic carbocycles. The summed E-state index contributed by atoms with van der Waals surface area (Å²) in [7, 11) is 0. The van der Waals surface area contributed by atoms with Crippen LogP contribution in [0.15, 0.2) is 59.6 Å². The molecule has 0 atom stereocenters. The zero-order chi connectivity index (χ0) is 17.3. The molecule has 0 fully saturated rings. The van der Waals surface area contributed by atoms with Crippen molar-refractivity contribution in [3.05, 3.63) is 81.9 Å². The van der Waals surface area contributed by atoms with Gasteiger partial charge in [0.1, 0.15) is 0 Å². The first kappa shape index (κ1) is 16.8. The molecule has 0 aliphatic heterocycles. The van der Waals surface area contributed by atoms with Crippen molar-refractivity contribution < 1.29 is 13.2 Å². The monoisotopic (exact) mass is 348 g/mol. The molecule has 1 aliphatic carbocycles. The number of allylic oxidation sites excluding steroid dienone is 4. The fraction of sp³-hybridized carbons (Fsp3) is 0.200. The Morgan fingerprint density at radius 2 is 1.46 bits per heavy atom. The lowest BCUT2D eigenvalue weighted by molar-refractivity contribution is -0.137. The lowest BCUT2D eigenvalue weighted by Gasteiger charge is -2.20. The normalized spacial score (nSPS) is 15.5. The van der Waals surface area contributed by atoms with E-state index in [2.05, 4.69) is 6.08 Å². The minimum absolute atomic E-state index is 0.653. The largest absolute Gasteiger partial charge is 0.416 e. The van der Waals surface area contributed by atoms with Crippen molar-refractivity contribution in [2.24, 2.45) is 0 Å². The van der Waals surface area contributed by atoms with Gasteiger partial charge in [0.15, 0.2) is 0 Å². The van der Waals surface area contributed by atoms with E-state index in [9.17, 15) is 13.2 Å². The van der Waals surface area contributed by atoms with Crippen LogP contribution in [0.1, 0.15) is 35.1 Å². The van der Waals surface area contributed by atoms with Gasteiger partial charge in [0.25, 0.3) is 0 Å². The third-order valence-electron chi connectivity index (χ3n) is 4.12. The van der Waals surface area contributed by atoms with E-state index in [0.29, 0.717) is 17.0 Å². The molecule has 3 rings (SSSR count). The Morgan fingerprint density at radius 3 is 2.04 bits per heavy atom. The number of aryl methyl sites for hydroxylation is 1. The molecule has 0 N–H and O–H groups in total. The SMILES string of the molecule is Cc1ccc(C2=CCCC(Cl)=C2c2ccc(C(F)(F)F)cc2)cc1. The predicted octanol–water partition coefficient (Wildman–Crippen LogP) is 6.84. The standard InChI is InChI=1S/C20H16ClF3/c1-13-5-7-14(8-6-13)17-3-2-4-18(21)19(17)15-9-11-16(12-10-15)20(22,23)24/h3,5-12H,2,4H2,1H3. The van der Waals surface area contributed by atoms with E-state index in [-0.39, 0.29) is 0 Å². The summed E-state index contributed by atoms with van der Waals surface area (Å²) in [4.78, 5) is 0. The summed E-state index contributed by atoms with van der Waals surface area (Å²) in [6, 6.07) is 13.3. The molecule has 2 aromatic rings. The first-order valence-electron chi connectivity index (χ1n) is 7.70. The van der Waals surface area contributed by atoms with Gasteiger partial charge in [0.2, 0.25) is 0 Å². The van der Waals surface area contributed by atoms with Gasteiger partial charge in [-0.2, -0.15) is 13.2 Å². The maximum Gasteiger partial charge on any atom is 0.416 e. The molecule has 0 amide bonds. The summed E-state index contributed by atoms with van der Waals surface area (Å²) in [6.07, 6.45) is -0.706. The molecule has 4 heteroatoms. The van der Waals surface area contributed by atoms with Crippen LogP contribution in [0.5, 0.6) is 0 Å². The zero-order valence-electron chi connectivity index (χ0n) is 13.1. The van der Waals surface area contributed by atoms with Gasteiger partial charge in [-0.25, -0.2) is 0 Å². The van der Waals surface area contributed by atoms with Gasteiger partial charge in [-0.1, -0.05) is 59.6 Å². The maximum atomic E-state index is 12.8. The van der Waals surface area contributed by atoms with Crippen molar-refractivity contribution in [1.29, 1.82) is 0 Å². The van der Waals surface area contributed by atoms with Crippen molar-refractivity contribution in [3.63, 3.8) is 0 Å². The molecule has 0 heterocycles. The van der Waals surface area contributed by atoms with Crippen LogP contribution in [0.4, 0.5) is 13.2 Å². The Hall–Kier alpha value is -2.00. The second-order valence-corrected chi connectivity index (χ2v) is 6.33. The van der Waals surface area contributed by atoms with Crippen LogP contribution in [0.3, 0.4) is 0 Å². The van der Waals surface area contributed by atoms with E-state index < -0.39 is 11.7 Å². The van der Waals surface area contributed by atoms with Crippen LogP contribution in [0.25, 0.3) is 11.1 Å². The van der Waals surface area contributed by atoms with Gasteiger partial charge in [-0.3, -0.25) is 0 Å². The molecule has 0 spiro atoms. The van der Waals surface area contributed by atoms with Crippen molar-refractivity contribution >= 4 is 22.7 Å². The van der Waals surface area contributed by atoms with Crippen LogP contribution in [0, 0.1) is 6.92 Å². The smallest absolute Gasteiger partial charge is 0.166 e. The highest BCUT2D eigenvalue weighted by Gasteiger charge is 2.30. The molecular weight excluding hydrogens is 333 g/mol. The fourth-order valence-electron chi connectivity index (χ4n) is 2.85. The minimum Gasteiger partial charge on any atom is -0.166 e. The Balaban J connectivity index is 2.03. The molecular formula is C20H16ClF3. The first-order valence-corrected chi connectivity index (χ1v) is 8.08. The highest BCUT2D eigenvalue weighted by atomic mass is 35.5. The molecule has 0 unspecified atom stereocenters. The summed E-state index contributed by atoms with van der Waals surface area (Å²) in [6.45, 7) is 2.01. The highest BCUT2D eigenvalue weighted by Crippen LogP contribution is 2.41. The van der Waals surface area contributed by atoms with Crippen molar-refractivity contribution in [2.45, 2.75) is 25.9 Å². The fourth-order valence-corrected chi connectivity index (χ4v) is 3.17. The van der Waals surface area contributed by atoms with Crippen LogP contribution < -0.4 is 0 Å². The van der Waals surface area contributed by atoms with Gasteiger partial charge < -0.3 is 0 Å². The molecule has 0 radical (unpaired) electrons. The first-order chi connectivity index (χ1) is 11.4. The lowest BCUT2D eigenvalue weighted by atomic mass is 9.87. The number of rotatable bonds is 2. The Bertz CT molecular complexity index is 794. The van der Waals surface area contributed by atoms with E-state index in [1.165, 1.54) is 12.1 Å². The van der Waals surface area contributed by atoms with Crippen LogP contribution in [-0.4, -0.2) is 0 Å².